The molecule has 0 radical (unpaired) electrons. The smallest absolute Gasteiger partial charge is 0.363 e. The number of hydrogen-bond donors (Lipinski definition) is 3. The molecule has 3 atom stereocenters. The Balaban J connectivity index is 2.17. The Morgan fingerprint density at radius 2 is 1.88 bits per heavy atom. The number of amides is 2. The van der Waals surface area contributed by atoms with Crippen molar-refractivity contribution in [2.75, 3.05) is 7.11 Å². The fourth-order valence-electron chi connectivity index (χ4n) is 2.23. The maximum absolute atomic E-state index is 12.0. The highest BCUT2D eigenvalue weighted by Gasteiger charge is 2.58. The largest absolute Gasteiger partial charge is 0.467 e. The summed E-state index contributed by atoms with van der Waals surface area (Å²) in [6.07, 6.45) is -1.63. The molecule has 1 unspecified atom stereocenters. The number of rotatable bonds is 5. The summed E-state index contributed by atoms with van der Waals surface area (Å²) in [5, 5.41) is 12.0. The van der Waals surface area contributed by atoms with E-state index in [4.69, 9.17) is 4.55 Å². The molecular weight excluding hydrogens is 344 g/mol. The van der Waals surface area contributed by atoms with Gasteiger partial charge in [-0.15, -0.1) is 0 Å². The van der Waals surface area contributed by atoms with E-state index >= 15 is 0 Å². The van der Waals surface area contributed by atoms with Crippen molar-refractivity contribution < 1.29 is 37.2 Å². The third kappa shape index (κ3) is 3.22. The second kappa shape index (κ2) is 6.55. The molecule has 3 N–H and O–H groups in total. The van der Waals surface area contributed by atoms with E-state index in [0.717, 1.165) is 7.11 Å². The van der Waals surface area contributed by atoms with Crippen molar-refractivity contribution in [3.8, 4) is 0 Å². The zero-order chi connectivity index (χ0) is 18.1. The molecule has 2 rings (SSSR count). The summed E-state index contributed by atoms with van der Waals surface area (Å²) in [7, 11) is -4.04. The van der Waals surface area contributed by atoms with Gasteiger partial charge in [-0.2, -0.15) is 12.7 Å². The quantitative estimate of drug-likeness (QED) is 0.323. The van der Waals surface area contributed by atoms with Crippen LogP contribution in [-0.4, -0.2) is 59.4 Å². The predicted molar refractivity (Wildman–Crippen MR) is 77.5 cm³/mol. The van der Waals surface area contributed by atoms with Crippen LogP contribution in [0.15, 0.2) is 30.3 Å². The van der Waals surface area contributed by atoms with Crippen LogP contribution in [0, 0.1) is 0 Å². The van der Waals surface area contributed by atoms with Gasteiger partial charge >= 0.3 is 16.3 Å². The van der Waals surface area contributed by atoms with Crippen molar-refractivity contribution >= 4 is 28.1 Å². The molecule has 1 aromatic rings. The van der Waals surface area contributed by atoms with Gasteiger partial charge in [0.2, 0.25) is 0 Å². The average Bonchev–Trinajstić information content (AvgIpc) is 2.55. The first kappa shape index (κ1) is 17.8. The maximum atomic E-state index is 12.0. The standard InChI is InChI=1S/C13H14N2O8S/c1-23-13(19)9-8(12(18)15(9)24(20,21)22)14-11(17)10(16)7-5-3-2-4-6-7/h2-6,8-10,16H,1H3,(H,14,17)(H,20,21,22)/t8-,9-,10?/m0/s1. The summed E-state index contributed by atoms with van der Waals surface area (Å²) in [6.45, 7) is 0. The molecule has 10 nitrogen and oxygen atoms in total. The first-order chi connectivity index (χ1) is 11.2. The Hall–Kier alpha value is -2.50. The van der Waals surface area contributed by atoms with E-state index in [1.165, 1.54) is 12.1 Å². The number of methoxy groups -OCH3 is 1. The summed E-state index contributed by atoms with van der Waals surface area (Å²) in [5.74, 6) is -3.38. The molecular formula is C13H14N2O8S. The molecule has 0 spiro atoms. The van der Waals surface area contributed by atoms with E-state index in [9.17, 15) is 27.9 Å². The monoisotopic (exact) mass is 358 g/mol. The number of nitrogens with zero attached hydrogens (tertiary/aromatic N) is 1. The average molecular weight is 358 g/mol. The maximum Gasteiger partial charge on any atom is 0.363 e. The number of ether oxygens (including phenoxy) is 1. The van der Waals surface area contributed by atoms with E-state index in [-0.39, 0.29) is 9.87 Å². The Kier molecular flexibility index (Phi) is 4.87. The molecule has 0 saturated carbocycles. The van der Waals surface area contributed by atoms with Crippen LogP contribution in [0.3, 0.4) is 0 Å². The van der Waals surface area contributed by atoms with E-state index in [1.807, 2.05) is 0 Å². The fraction of sp³-hybridized carbons (Fsp3) is 0.308. The van der Waals surface area contributed by atoms with Crippen molar-refractivity contribution in [1.82, 2.24) is 9.62 Å². The van der Waals surface area contributed by atoms with Crippen LogP contribution in [0.25, 0.3) is 0 Å². The second-order valence-electron chi connectivity index (χ2n) is 4.88. The first-order valence-electron chi connectivity index (χ1n) is 6.60. The number of benzene rings is 1. The molecule has 1 aliphatic rings. The van der Waals surface area contributed by atoms with Crippen molar-refractivity contribution in [1.29, 1.82) is 0 Å². The summed E-state index contributed by atoms with van der Waals surface area (Å²) in [6, 6.07) is 4.44. The number of hydrogen-bond acceptors (Lipinski definition) is 7. The zero-order valence-electron chi connectivity index (χ0n) is 12.3. The predicted octanol–water partition coefficient (Wildman–Crippen LogP) is -1.61. The normalized spacial score (nSPS) is 21.6. The minimum atomic E-state index is -4.99. The van der Waals surface area contributed by atoms with Crippen molar-refractivity contribution in [3.63, 3.8) is 0 Å². The van der Waals surface area contributed by atoms with Crippen LogP contribution in [0.1, 0.15) is 11.7 Å². The Morgan fingerprint density at radius 1 is 1.29 bits per heavy atom. The molecule has 0 aromatic heterocycles. The topological polar surface area (TPSA) is 150 Å². The number of esters is 1. The van der Waals surface area contributed by atoms with Gasteiger partial charge in [-0.1, -0.05) is 30.3 Å². The third-order valence-electron chi connectivity index (χ3n) is 3.40. The highest BCUT2D eigenvalue weighted by Crippen LogP contribution is 2.25. The van der Waals surface area contributed by atoms with Gasteiger partial charge in [-0.3, -0.25) is 14.1 Å². The van der Waals surface area contributed by atoms with Gasteiger partial charge in [0.25, 0.3) is 11.8 Å². The number of aliphatic hydroxyl groups excluding tert-OH is 1. The number of aliphatic hydroxyl groups is 1. The van der Waals surface area contributed by atoms with E-state index in [0.29, 0.717) is 0 Å². The van der Waals surface area contributed by atoms with E-state index in [1.54, 1.807) is 18.2 Å². The molecule has 1 heterocycles. The summed E-state index contributed by atoms with van der Waals surface area (Å²) in [5.41, 5.74) is 0.239. The summed E-state index contributed by atoms with van der Waals surface area (Å²) >= 11 is 0. The van der Waals surface area contributed by atoms with Crippen molar-refractivity contribution in [2.24, 2.45) is 0 Å². The lowest BCUT2D eigenvalue weighted by Gasteiger charge is -2.42. The number of carbonyl (C=O) groups excluding carboxylic acids is 3. The molecule has 1 aliphatic heterocycles. The minimum Gasteiger partial charge on any atom is -0.467 e. The molecule has 24 heavy (non-hydrogen) atoms. The van der Waals surface area contributed by atoms with Gasteiger partial charge in [0.05, 0.1) is 7.11 Å². The molecule has 1 fully saturated rings. The third-order valence-corrected chi connectivity index (χ3v) is 4.31. The van der Waals surface area contributed by atoms with Gasteiger partial charge < -0.3 is 15.2 Å². The fourth-order valence-corrected chi connectivity index (χ4v) is 3.07. The van der Waals surface area contributed by atoms with Crippen LogP contribution in [0.5, 0.6) is 0 Å². The Labute approximate surface area is 136 Å². The minimum absolute atomic E-state index is 0.0985. The Bertz CT molecular complexity index is 763. The molecule has 1 aromatic carbocycles. The molecule has 2 amide bonds. The van der Waals surface area contributed by atoms with Crippen LogP contribution in [0.4, 0.5) is 0 Å². The summed E-state index contributed by atoms with van der Waals surface area (Å²) in [4.78, 5) is 35.4. The molecule has 130 valence electrons. The van der Waals surface area contributed by atoms with Gasteiger partial charge in [-0.05, 0) is 5.56 Å². The van der Waals surface area contributed by atoms with Gasteiger partial charge in [-0.25, -0.2) is 4.79 Å². The van der Waals surface area contributed by atoms with Crippen molar-refractivity contribution in [3.05, 3.63) is 35.9 Å². The van der Waals surface area contributed by atoms with Crippen LogP contribution in [0.2, 0.25) is 0 Å². The van der Waals surface area contributed by atoms with E-state index in [2.05, 4.69) is 10.1 Å². The van der Waals surface area contributed by atoms with E-state index < -0.39 is 46.3 Å². The second-order valence-corrected chi connectivity index (χ2v) is 6.17. The Morgan fingerprint density at radius 3 is 2.38 bits per heavy atom. The SMILES string of the molecule is COC(=O)[C@@H]1[C@H](NC(=O)C(O)c2ccccc2)C(=O)N1S(=O)(=O)O. The highest BCUT2D eigenvalue weighted by atomic mass is 32.2. The zero-order valence-corrected chi connectivity index (χ0v) is 13.1. The highest BCUT2D eigenvalue weighted by molar-refractivity contribution is 7.84. The van der Waals surface area contributed by atoms with Crippen LogP contribution in [-0.2, 0) is 29.4 Å². The summed E-state index contributed by atoms with van der Waals surface area (Å²) < 4.78 is 35.5. The van der Waals surface area contributed by atoms with Crippen molar-refractivity contribution in [2.45, 2.75) is 18.2 Å². The molecule has 1 saturated heterocycles. The number of carbonyl (C=O) groups is 3. The van der Waals surface area contributed by atoms with Crippen LogP contribution < -0.4 is 5.32 Å². The lowest BCUT2D eigenvalue weighted by molar-refractivity contribution is -0.163. The van der Waals surface area contributed by atoms with Gasteiger partial charge in [0.15, 0.2) is 12.1 Å². The van der Waals surface area contributed by atoms with Gasteiger partial charge in [0, 0.05) is 0 Å². The lowest BCUT2D eigenvalue weighted by Crippen LogP contribution is -2.74. The van der Waals surface area contributed by atoms with Crippen LogP contribution >= 0.6 is 0 Å². The first-order valence-corrected chi connectivity index (χ1v) is 8.00. The molecule has 0 bridgehead atoms. The van der Waals surface area contributed by atoms with Gasteiger partial charge in [0.1, 0.15) is 6.04 Å². The number of nitrogens with one attached hydrogen (secondary N) is 1. The molecule has 11 heteroatoms. The lowest BCUT2D eigenvalue weighted by atomic mass is 9.98. The number of β-lactam (4-membered cyclic amide) rings is 1. The molecule has 0 aliphatic carbocycles.